The topological polar surface area (TPSA) is 88.6 Å². The molecule has 0 saturated heterocycles. The SMILES string of the molecule is CCCCCCn1[nH]c2c([nH]1)c1c(nc3cc[se]c31)c1nc3cc[se]c3c12.CCOC(C)=O. The van der Waals surface area contributed by atoms with Gasteiger partial charge in [0.2, 0.25) is 0 Å². The Balaban J connectivity index is 0.000000340. The second kappa shape index (κ2) is 9.51. The molecular formula is C24H27N5O2Se2. The van der Waals surface area contributed by atoms with Crippen molar-refractivity contribution in [1.82, 2.24) is 25.0 Å². The molecule has 5 heterocycles. The molecule has 6 aromatic rings. The molecule has 2 N–H and O–H groups in total. The number of carbonyl (C=O) groups excluding carboxylic acids is 1. The normalized spacial score (nSPS) is 11.7. The first-order chi connectivity index (χ1) is 16.1. The van der Waals surface area contributed by atoms with Gasteiger partial charge in [-0.1, -0.05) is 0 Å². The van der Waals surface area contributed by atoms with Gasteiger partial charge in [0.25, 0.3) is 0 Å². The van der Waals surface area contributed by atoms with Gasteiger partial charge in [0, 0.05) is 6.92 Å². The molecule has 9 heteroatoms. The molecule has 0 unspecified atom stereocenters. The number of hydrogen-bond donors (Lipinski definition) is 2. The van der Waals surface area contributed by atoms with Gasteiger partial charge >= 0.3 is 173 Å². The third kappa shape index (κ3) is 4.08. The molecule has 5 aromatic heterocycles. The number of benzene rings is 1. The van der Waals surface area contributed by atoms with Crippen molar-refractivity contribution in [3.63, 3.8) is 0 Å². The van der Waals surface area contributed by atoms with Crippen LogP contribution in [0.1, 0.15) is 46.5 Å². The van der Waals surface area contributed by atoms with Crippen LogP contribution in [-0.4, -0.2) is 66.5 Å². The Morgan fingerprint density at radius 2 is 1.52 bits per heavy atom. The molecule has 0 atom stereocenters. The predicted molar refractivity (Wildman–Crippen MR) is 137 cm³/mol. The number of hydrogen-bond acceptors (Lipinski definition) is 4. The molecule has 6 rings (SSSR count). The summed E-state index contributed by atoms with van der Waals surface area (Å²) >= 11 is 0.724. The Labute approximate surface area is 202 Å². The van der Waals surface area contributed by atoms with Crippen LogP contribution in [0.15, 0.2) is 22.0 Å². The average molecular weight is 575 g/mol. The van der Waals surface area contributed by atoms with Crippen LogP contribution >= 0.6 is 0 Å². The third-order valence-electron chi connectivity index (χ3n) is 5.73. The van der Waals surface area contributed by atoms with Crippen molar-refractivity contribution in [2.75, 3.05) is 6.61 Å². The molecule has 0 bridgehead atoms. The number of fused-ring (bicyclic) bond motifs is 10. The summed E-state index contributed by atoms with van der Waals surface area (Å²) in [7, 11) is 0. The van der Waals surface area contributed by atoms with Gasteiger partial charge in [0.05, 0.1) is 6.61 Å². The number of unbranched alkanes of at least 4 members (excludes halogenated alkanes) is 3. The van der Waals surface area contributed by atoms with Crippen molar-refractivity contribution < 1.29 is 9.53 Å². The van der Waals surface area contributed by atoms with Crippen molar-refractivity contribution in [3.8, 4) is 0 Å². The Morgan fingerprint density at radius 1 is 0.939 bits per heavy atom. The Morgan fingerprint density at radius 3 is 1.97 bits per heavy atom. The standard InChI is InChI=1S/C20H19N5Se2.C4H8O2/c1-2-3-4-5-8-25-23-17-13-15(21-11-6-9-26-19(11)13)16-14(18(17)24-25)20-12(22-16)7-10-27-20;1-3-6-4(2)5/h6-7,9-10,23-24H,2-5,8H2,1H3;3H2,1-2H3. The van der Waals surface area contributed by atoms with Gasteiger partial charge in [-0.05, 0) is 6.92 Å². The quantitative estimate of drug-likeness (QED) is 0.167. The van der Waals surface area contributed by atoms with Gasteiger partial charge in [-0.15, -0.1) is 0 Å². The van der Waals surface area contributed by atoms with Crippen LogP contribution in [0, 0.1) is 0 Å². The van der Waals surface area contributed by atoms with Crippen LogP contribution in [0.3, 0.4) is 0 Å². The zero-order chi connectivity index (χ0) is 22.9. The zero-order valence-corrected chi connectivity index (χ0v) is 22.5. The van der Waals surface area contributed by atoms with E-state index in [1.807, 2.05) is 0 Å². The second-order valence-corrected chi connectivity index (χ2v) is 11.9. The smallest absolute Gasteiger partial charge is 0.302 e. The molecular weight excluding hydrogens is 548 g/mol. The van der Waals surface area contributed by atoms with Crippen LogP contribution in [-0.2, 0) is 16.1 Å². The van der Waals surface area contributed by atoms with Crippen molar-refractivity contribution in [1.29, 1.82) is 0 Å². The summed E-state index contributed by atoms with van der Waals surface area (Å²) in [5.74, 6) is -0.211. The number of esters is 1. The first-order valence-corrected chi connectivity index (χ1v) is 15.1. The summed E-state index contributed by atoms with van der Waals surface area (Å²) in [6.45, 7) is 6.91. The third-order valence-corrected chi connectivity index (χ3v) is 9.60. The first kappa shape index (κ1) is 22.5. The number of nitrogens with one attached hydrogen (secondary N) is 2. The summed E-state index contributed by atoms with van der Waals surface area (Å²) in [6.07, 6.45) is 5.04. The van der Waals surface area contributed by atoms with Gasteiger partial charge in [-0.25, -0.2) is 0 Å². The molecule has 0 spiro atoms. The maximum absolute atomic E-state index is 9.82. The average Bonchev–Trinajstić information content (AvgIpc) is 3.56. The van der Waals surface area contributed by atoms with Crippen LogP contribution in [0.2, 0.25) is 0 Å². The van der Waals surface area contributed by atoms with Crippen LogP contribution in [0.4, 0.5) is 0 Å². The molecule has 0 aliphatic heterocycles. The number of aromatic nitrogens is 5. The van der Waals surface area contributed by atoms with Crippen LogP contribution in [0.5, 0.6) is 0 Å². The molecule has 1 aromatic carbocycles. The van der Waals surface area contributed by atoms with E-state index < -0.39 is 0 Å². The monoisotopic (exact) mass is 577 g/mol. The van der Waals surface area contributed by atoms with E-state index in [-0.39, 0.29) is 5.97 Å². The minimum atomic E-state index is -0.211. The molecule has 7 nitrogen and oxygen atoms in total. The number of aryl methyl sites for hydroxylation is 1. The van der Waals surface area contributed by atoms with Gasteiger partial charge in [-0.3, -0.25) is 4.79 Å². The zero-order valence-electron chi connectivity index (χ0n) is 19.0. The summed E-state index contributed by atoms with van der Waals surface area (Å²) in [6, 6.07) is 4.36. The van der Waals surface area contributed by atoms with Gasteiger partial charge < -0.3 is 4.74 Å². The predicted octanol–water partition coefficient (Wildman–Crippen LogP) is 4.96. The van der Waals surface area contributed by atoms with Crippen LogP contribution < -0.4 is 0 Å². The fourth-order valence-corrected chi connectivity index (χ4v) is 8.02. The Kier molecular flexibility index (Phi) is 6.48. The minimum Gasteiger partial charge on any atom is -0.466 e. The fourth-order valence-electron chi connectivity index (χ4n) is 4.31. The van der Waals surface area contributed by atoms with Crippen molar-refractivity contribution >= 4 is 87.4 Å². The molecule has 0 amide bonds. The van der Waals surface area contributed by atoms with Crippen LogP contribution in [0.25, 0.3) is 52.4 Å². The maximum Gasteiger partial charge on any atom is 0.302 e. The van der Waals surface area contributed by atoms with Crippen molar-refractivity contribution in [2.45, 2.75) is 53.0 Å². The summed E-state index contributed by atoms with van der Waals surface area (Å²) in [5.41, 5.74) is 6.89. The fraction of sp³-hybridized carbons (Fsp3) is 0.375. The van der Waals surface area contributed by atoms with E-state index in [2.05, 4.69) is 48.7 Å². The van der Waals surface area contributed by atoms with E-state index in [9.17, 15) is 4.79 Å². The number of ether oxygens (including phenoxy) is 1. The number of rotatable bonds is 6. The number of nitrogens with zero attached hydrogens (tertiary/aromatic N) is 3. The molecule has 0 saturated carbocycles. The molecule has 0 fully saturated rings. The summed E-state index contributed by atoms with van der Waals surface area (Å²) < 4.78 is 7.21. The van der Waals surface area contributed by atoms with E-state index in [1.54, 1.807) is 6.92 Å². The summed E-state index contributed by atoms with van der Waals surface area (Å²) in [5, 5.41) is 9.90. The molecule has 33 heavy (non-hydrogen) atoms. The van der Waals surface area contributed by atoms with Crippen molar-refractivity contribution in [2.24, 2.45) is 0 Å². The molecule has 0 radical (unpaired) electrons. The number of aromatic amines is 2. The molecule has 172 valence electrons. The number of H-pyrrole nitrogens is 2. The molecule has 0 aliphatic rings. The summed E-state index contributed by atoms with van der Waals surface area (Å²) in [4.78, 5) is 26.5. The first-order valence-electron chi connectivity index (χ1n) is 11.4. The second-order valence-electron chi connectivity index (χ2n) is 8.05. The number of carbonyl (C=O) groups is 1. The van der Waals surface area contributed by atoms with E-state index in [0.717, 1.165) is 28.6 Å². The Bertz CT molecular complexity index is 1460. The van der Waals surface area contributed by atoms with Gasteiger partial charge in [-0.2, -0.15) is 0 Å². The Hall–Kier alpha value is -2.31. The largest absolute Gasteiger partial charge is 0.466 e. The van der Waals surface area contributed by atoms with E-state index in [0.29, 0.717) is 35.6 Å². The molecule has 0 aliphatic carbocycles. The maximum atomic E-state index is 9.82. The van der Waals surface area contributed by atoms with E-state index in [1.165, 1.54) is 62.9 Å². The minimum absolute atomic E-state index is 0.211. The van der Waals surface area contributed by atoms with Gasteiger partial charge in [0.1, 0.15) is 0 Å². The van der Waals surface area contributed by atoms with E-state index in [4.69, 9.17) is 9.97 Å². The van der Waals surface area contributed by atoms with E-state index >= 15 is 0 Å². The van der Waals surface area contributed by atoms with Gasteiger partial charge in [0.15, 0.2) is 0 Å². The van der Waals surface area contributed by atoms with Crippen molar-refractivity contribution in [3.05, 3.63) is 22.0 Å².